The first-order valence-electron chi connectivity index (χ1n) is 26.2. The number of rotatable bonds is 10. The van der Waals surface area contributed by atoms with E-state index in [1.807, 2.05) is 16.7 Å². The Morgan fingerprint density at radius 3 is 1.00 bits per heavy atom. The molecule has 13 nitrogen and oxygen atoms in total. The largest absolute Gasteiger partial charge is 0.454 e. The molecule has 2 aliphatic heterocycles. The molecule has 0 atom stereocenters. The molecule has 3 aromatic heterocycles. The summed E-state index contributed by atoms with van der Waals surface area (Å²) >= 11 is 0. The van der Waals surface area contributed by atoms with Gasteiger partial charge in [-0.3, -0.25) is 0 Å². The van der Waals surface area contributed by atoms with E-state index in [4.69, 9.17) is 34.6 Å². The molecule has 0 amide bonds. The van der Waals surface area contributed by atoms with E-state index in [-0.39, 0.29) is 69.6 Å². The SMILES string of the molecule is Fc1cc(F)c(F)c(Nc2cc(Oc3cccc4c5nc6nc(nc7[nH]c(nc8nc(nc([nH]5)c34)-c3ccccc3-8)c3ccccc73)-c3ccccc3-6)c(Nc3c(F)c(F)cc(F)c3F)c(Nc3c(F)c(F)cc(F)c3F)c2Nc2c(F)c(F)cc(F)c2F)c1F. The number of nitrogens with one attached hydrogen (secondary N) is 6. The monoisotopic (exact) mass is 1260 g/mol. The van der Waals surface area contributed by atoms with Crippen LogP contribution in [0.5, 0.6) is 11.5 Å². The molecule has 0 unspecified atom stereocenters. The van der Waals surface area contributed by atoms with Gasteiger partial charge in [0.25, 0.3) is 0 Å². The third kappa shape index (κ3) is 9.46. The van der Waals surface area contributed by atoms with Crippen LogP contribution >= 0.6 is 0 Å². The second-order valence-electron chi connectivity index (χ2n) is 19.9. The lowest BCUT2D eigenvalue weighted by atomic mass is 10.1. The number of halogens is 16. The van der Waals surface area contributed by atoms with E-state index >= 15 is 70.2 Å². The fraction of sp³-hybridized carbons (Fsp3) is 0. The number of hydrogen-bond donors (Lipinski definition) is 6. The number of ether oxygens (including phenoxy) is 1. The summed E-state index contributed by atoms with van der Waals surface area (Å²) in [5, 5.41) is 8.35. The van der Waals surface area contributed by atoms with Gasteiger partial charge in [0.05, 0.1) is 22.4 Å². The molecular formula is C62H26F16N12O. The van der Waals surface area contributed by atoms with Gasteiger partial charge in [-0.05, 0) is 6.07 Å². The van der Waals surface area contributed by atoms with E-state index in [0.29, 0.717) is 50.4 Å². The lowest BCUT2D eigenvalue weighted by Crippen LogP contribution is -2.13. The minimum Gasteiger partial charge on any atom is -0.454 e. The highest BCUT2D eigenvalue weighted by Gasteiger charge is 2.33. The Kier molecular flexibility index (Phi) is 13.5. The van der Waals surface area contributed by atoms with Gasteiger partial charge in [0.1, 0.15) is 56.8 Å². The molecule has 452 valence electrons. The molecular weight excluding hydrogens is 1230 g/mol. The fourth-order valence-electron chi connectivity index (χ4n) is 10.3. The highest BCUT2D eigenvalue weighted by molar-refractivity contribution is 6.10. The third-order valence-corrected chi connectivity index (χ3v) is 14.5. The Bertz CT molecular complexity index is 5250. The average Bonchev–Trinajstić information content (AvgIpc) is 1.75. The maximum Gasteiger partial charge on any atom is 0.185 e. The average molecular weight is 1260 g/mol. The summed E-state index contributed by atoms with van der Waals surface area (Å²) in [5.41, 5.74) is -11.7. The van der Waals surface area contributed by atoms with Crippen LogP contribution in [0.1, 0.15) is 0 Å². The van der Waals surface area contributed by atoms with E-state index in [9.17, 15) is 0 Å². The molecule has 14 rings (SSSR count). The second kappa shape index (κ2) is 21.5. The third-order valence-electron chi connectivity index (χ3n) is 14.5. The topological polar surface area (TPSA) is 166 Å². The molecule has 29 heteroatoms. The summed E-state index contributed by atoms with van der Waals surface area (Å²) in [6.45, 7) is 0. The van der Waals surface area contributed by atoms with Crippen LogP contribution in [0.15, 0.2) is 121 Å². The summed E-state index contributed by atoms with van der Waals surface area (Å²) in [6.07, 6.45) is 0. The van der Waals surface area contributed by atoms with Gasteiger partial charge in [-0.25, -0.2) is 100 Å². The van der Waals surface area contributed by atoms with Gasteiger partial charge in [0, 0.05) is 68.7 Å². The molecule has 2 aliphatic rings. The molecule has 12 aromatic rings. The molecule has 91 heavy (non-hydrogen) atoms. The Hall–Kier alpha value is -11.8. The van der Waals surface area contributed by atoms with Crippen LogP contribution in [-0.4, -0.2) is 39.9 Å². The second-order valence-corrected chi connectivity index (χ2v) is 19.9. The van der Waals surface area contributed by atoms with E-state index in [2.05, 4.69) is 9.97 Å². The zero-order valence-electron chi connectivity index (χ0n) is 44.7. The maximum absolute atomic E-state index is 16.2. The molecule has 9 aromatic carbocycles. The quantitative estimate of drug-likeness (QED) is 0.0570. The van der Waals surface area contributed by atoms with Crippen LogP contribution in [0.3, 0.4) is 0 Å². The van der Waals surface area contributed by atoms with Crippen LogP contribution in [-0.2, 0) is 0 Å². The van der Waals surface area contributed by atoms with Crippen molar-refractivity contribution in [2.24, 2.45) is 0 Å². The smallest absolute Gasteiger partial charge is 0.185 e. The van der Waals surface area contributed by atoms with Gasteiger partial charge in [-0.15, -0.1) is 0 Å². The van der Waals surface area contributed by atoms with Gasteiger partial charge in [0.2, 0.25) is 0 Å². The summed E-state index contributed by atoms with van der Waals surface area (Å²) in [6, 6.07) is 23.7. The van der Waals surface area contributed by atoms with Crippen molar-refractivity contribution >= 4 is 89.6 Å². The Balaban J connectivity index is 1.11. The van der Waals surface area contributed by atoms with Crippen molar-refractivity contribution in [1.82, 2.24) is 39.9 Å². The maximum atomic E-state index is 16.2. The van der Waals surface area contributed by atoms with Crippen molar-refractivity contribution in [3.8, 4) is 57.1 Å². The predicted molar refractivity (Wildman–Crippen MR) is 301 cm³/mol. The zero-order chi connectivity index (χ0) is 63.6. The first kappa shape index (κ1) is 57.0. The summed E-state index contributed by atoms with van der Waals surface area (Å²) in [7, 11) is 0. The number of nitrogens with zero attached hydrogens (tertiary/aromatic N) is 6. The minimum atomic E-state index is -2.39. The molecule has 0 spiro atoms. The standard InChI is InChI=1S/C62H26F16N12O/c63-28-16-29(64)41(72)50(40(28)71)79-36-20-38(49(81-52-44(75)32(67)18-33(68)45(52)76)54(82-53-46(77)34(69)19-35(70)47(53)78)48(36)80-51-42(73)30(65)17-31(66)43(51)74)91-37-15-7-14-27-39(37)62-89-60-26-13-6-5-12-25(26)58(87-60)85-56-22-9-2-1-8-21(22)55(83-56)84-57-23-10-3-4-11-24(23)59(86-57)88-61(27)90-62/h1-20,79-82H,(H2,83,84,85,86,87,88,89,90). The van der Waals surface area contributed by atoms with Crippen LogP contribution < -0.4 is 26.0 Å². The fourth-order valence-corrected chi connectivity index (χ4v) is 10.3. The lowest BCUT2D eigenvalue weighted by Gasteiger charge is -2.26. The van der Waals surface area contributed by atoms with E-state index in [1.54, 1.807) is 77.4 Å². The number of H-pyrrole nitrogens is 2. The van der Waals surface area contributed by atoms with Crippen molar-refractivity contribution < 1.29 is 75.0 Å². The van der Waals surface area contributed by atoms with Gasteiger partial charge in [-0.2, -0.15) is 0 Å². The van der Waals surface area contributed by atoms with Gasteiger partial charge >= 0.3 is 0 Å². The number of fused-ring (bicyclic) bond motifs is 20. The highest BCUT2D eigenvalue weighted by atomic mass is 19.2. The molecule has 5 heterocycles. The predicted octanol–water partition coefficient (Wildman–Crippen LogP) is 17.9. The summed E-state index contributed by atoms with van der Waals surface area (Å²) in [5.74, 6) is -37.8. The van der Waals surface area contributed by atoms with Crippen LogP contribution in [0.4, 0.5) is 116 Å². The molecule has 8 bridgehead atoms. The van der Waals surface area contributed by atoms with E-state index in [0.717, 1.165) is 6.07 Å². The van der Waals surface area contributed by atoms with E-state index < -0.39 is 150 Å². The zero-order valence-corrected chi connectivity index (χ0v) is 44.7. The van der Waals surface area contributed by atoms with Gasteiger partial charge in [0.15, 0.2) is 122 Å². The molecule has 0 saturated heterocycles. The van der Waals surface area contributed by atoms with Crippen LogP contribution in [0, 0.1) is 93.1 Å². The summed E-state index contributed by atoms with van der Waals surface area (Å²) in [4.78, 5) is 35.6. The van der Waals surface area contributed by atoms with Crippen LogP contribution in [0.25, 0.3) is 89.7 Å². The van der Waals surface area contributed by atoms with Crippen molar-refractivity contribution in [2.45, 2.75) is 0 Å². The first-order chi connectivity index (χ1) is 43.7. The molecule has 0 fully saturated rings. The molecule has 6 N–H and O–H groups in total. The minimum absolute atomic E-state index is 0.0260. The van der Waals surface area contributed by atoms with Crippen molar-refractivity contribution in [3.63, 3.8) is 0 Å². The molecule has 0 saturated carbocycles. The lowest BCUT2D eigenvalue weighted by molar-refractivity contribution is 0.458. The van der Waals surface area contributed by atoms with Crippen LogP contribution in [0.2, 0.25) is 0 Å². The van der Waals surface area contributed by atoms with Crippen molar-refractivity contribution in [3.05, 3.63) is 214 Å². The van der Waals surface area contributed by atoms with Crippen molar-refractivity contribution in [2.75, 3.05) is 21.3 Å². The highest BCUT2D eigenvalue weighted by Crippen LogP contribution is 2.53. The molecule has 0 aliphatic carbocycles. The Labute approximate surface area is 495 Å². The Morgan fingerprint density at radius 1 is 0.275 bits per heavy atom. The van der Waals surface area contributed by atoms with Crippen molar-refractivity contribution in [1.29, 1.82) is 0 Å². The molecule has 0 radical (unpaired) electrons. The number of hydrogen-bond acceptors (Lipinski definition) is 11. The summed E-state index contributed by atoms with van der Waals surface area (Å²) < 4.78 is 256. The number of benzene rings is 9. The normalized spacial score (nSPS) is 11.7. The van der Waals surface area contributed by atoms with Gasteiger partial charge in [-0.1, -0.05) is 84.9 Å². The number of anilines is 8. The first-order valence-corrected chi connectivity index (χ1v) is 26.2. The Morgan fingerprint density at radius 2 is 0.593 bits per heavy atom. The number of aromatic amines is 2. The van der Waals surface area contributed by atoms with E-state index in [1.165, 1.54) is 12.1 Å². The van der Waals surface area contributed by atoms with Gasteiger partial charge < -0.3 is 36.0 Å². The number of aromatic nitrogens is 8.